The molecule has 0 fully saturated rings. The van der Waals surface area contributed by atoms with Crippen molar-refractivity contribution in [2.24, 2.45) is 7.05 Å². The molecule has 2 aromatic heterocycles. The van der Waals surface area contributed by atoms with Crippen LogP contribution in [0, 0.1) is 24.2 Å². The average Bonchev–Trinajstić information content (AvgIpc) is 2.65. The van der Waals surface area contributed by atoms with E-state index in [4.69, 9.17) is 5.26 Å². The van der Waals surface area contributed by atoms with Gasteiger partial charge in [0.15, 0.2) is 0 Å². The lowest BCUT2D eigenvalue weighted by Crippen LogP contribution is -2.02. The Labute approximate surface area is 105 Å². The molecule has 0 amide bonds. The minimum Gasteiger partial charge on any atom is -0.380 e. The van der Waals surface area contributed by atoms with Crippen molar-refractivity contribution in [2.45, 2.75) is 13.5 Å². The molecule has 0 spiro atoms. The Kier molecular flexibility index (Phi) is 3.28. The summed E-state index contributed by atoms with van der Waals surface area (Å²) in [5, 5.41) is 12.1. The smallest absolute Gasteiger partial charge is 0.212 e. The molecule has 0 aromatic carbocycles. The third-order valence-corrected chi connectivity index (χ3v) is 2.97. The van der Waals surface area contributed by atoms with Gasteiger partial charge in [-0.15, -0.1) is 0 Å². The summed E-state index contributed by atoms with van der Waals surface area (Å²) < 4.78 is 14.5. The van der Waals surface area contributed by atoms with Gasteiger partial charge in [0.1, 0.15) is 11.8 Å². The number of hydrogen-bond donors (Lipinski definition) is 1. The second kappa shape index (κ2) is 4.88. The van der Waals surface area contributed by atoms with Crippen LogP contribution in [0.25, 0.3) is 0 Å². The number of pyridine rings is 1. The molecule has 0 bridgehead atoms. The number of rotatable bonds is 3. The fraction of sp³-hybridized carbons (Fsp3) is 0.231. The number of nitrogens with one attached hydrogen (secondary N) is 1. The summed E-state index contributed by atoms with van der Waals surface area (Å²) in [6.07, 6.45) is 1.44. The molecule has 0 aliphatic heterocycles. The summed E-state index contributed by atoms with van der Waals surface area (Å²) in [5.41, 5.74) is 3.45. The molecule has 2 rings (SSSR count). The fourth-order valence-corrected chi connectivity index (χ4v) is 1.73. The van der Waals surface area contributed by atoms with E-state index in [0.29, 0.717) is 12.2 Å². The van der Waals surface area contributed by atoms with Gasteiger partial charge in [0, 0.05) is 19.3 Å². The van der Waals surface area contributed by atoms with E-state index in [0.717, 1.165) is 16.9 Å². The number of nitriles is 1. The van der Waals surface area contributed by atoms with Crippen molar-refractivity contribution < 1.29 is 4.39 Å². The van der Waals surface area contributed by atoms with Crippen LogP contribution in [-0.4, -0.2) is 9.55 Å². The highest BCUT2D eigenvalue weighted by molar-refractivity contribution is 5.42. The minimum absolute atomic E-state index is 0.497. The van der Waals surface area contributed by atoms with Crippen molar-refractivity contribution in [2.75, 3.05) is 5.32 Å². The molecule has 92 valence electrons. The number of hydrogen-bond acceptors (Lipinski definition) is 3. The summed E-state index contributed by atoms with van der Waals surface area (Å²) in [4.78, 5) is 3.57. The van der Waals surface area contributed by atoms with E-state index in [2.05, 4.69) is 16.4 Å². The molecule has 1 N–H and O–H groups in total. The van der Waals surface area contributed by atoms with Crippen molar-refractivity contribution in [1.82, 2.24) is 9.55 Å². The first-order chi connectivity index (χ1) is 8.61. The van der Waals surface area contributed by atoms with Gasteiger partial charge in [0.25, 0.3) is 0 Å². The zero-order chi connectivity index (χ0) is 13.1. The quantitative estimate of drug-likeness (QED) is 0.843. The summed E-state index contributed by atoms with van der Waals surface area (Å²) in [7, 11) is 1.86. The molecule has 18 heavy (non-hydrogen) atoms. The lowest BCUT2D eigenvalue weighted by molar-refractivity contribution is 0.584. The molecule has 0 saturated carbocycles. The van der Waals surface area contributed by atoms with Crippen LogP contribution in [0.1, 0.15) is 17.0 Å². The van der Waals surface area contributed by atoms with Crippen molar-refractivity contribution in [3.05, 3.63) is 47.3 Å². The van der Waals surface area contributed by atoms with E-state index in [1.165, 1.54) is 12.3 Å². The van der Waals surface area contributed by atoms with Crippen LogP contribution in [-0.2, 0) is 13.6 Å². The van der Waals surface area contributed by atoms with Gasteiger partial charge in [0.2, 0.25) is 5.95 Å². The van der Waals surface area contributed by atoms with Crippen LogP contribution in [0.15, 0.2) is 24.4 Å². The molecule has 0 saturated heterocycles. The first-order valence-electron chi connectivity index (χ1n) is 5.52. The monoisotopic (exact) mass is 244 g/mol. The van der Waals surface area contributed by atoms with E-state index >= 15 is 0 Å². The Morgan fingerprint density at radius 1 is 1.50 bits per heavy atom. The van der Waals surface area contributed by atoms with Crippen molar-refractivity contribution in [1.29, 1.82) is 5.26 Å². The maximum absolute atomic E-state index is 12.6. The molecule has 0 radical (unpaired) electrons. The largest absolute Gasteiger partial charge is 0.380 e. The van der Waals surface area contributed by atoms with E-state index in [-0.39, 0.29) is 0 Å². The zero-order valence-electron chi connectivity index (χ0n) is 10.2. The first-order valence-corrected chi connectivity index (χ1v) is 5.52. The predicted molar refractivity (Wildman–Crippen MR) is 66.4 cm³/mol. The molecule has 0 atom stereocenters. The van der Waals surface area contributed by atoms with Crippen LogP contribution in [0.2, 0.25) is 0 Å². The van der Waals surface area contributed by atoms with Crippen molar-refractivity contribution in [3.63, 3.8) is 0 Å². The highest BCUT2D eigenvalue weighted by atomic mass is 19.1. The Hall–Kier alpha value is -2.35. The number of halogens is 1. The van der Waals surface area contributed by atoms with Gasteiger partial charge in [-0.2, -0.15) is 9.65 Å². The van der Waals surface area contributed by atoms with E-state index < -0.39 is 5.95 Å². The van der Waals surface area contributed by atoms with Gasteiger partial charge < -0.3 is 9.88 Å². The highest BCUT2D eigenvalue weighted by Crippen LogP contribution is 2.15. The van der Waals surface area contributed by atoms with Crippen LogP contribution in [0.3, 0.4) is 0 Å². The van der Waals surface area contributed by atoms with Gasteiger partial charge in [-0.1, -0.05) is 0 Å². The van der Waals surface area contributed by atoms with Gasteiger partial charge in [-0.3, -0.25) is 0 Å². The predicted octanol–water partition coefficient (Wildman–Crippen LogP) is 2.35. The number of aromatic nitrogens is 2. The molecule has 4 nitrogen and oxygen atoms in total. The molecule has 2 heterocycles. The SMILES string of the molecule is Cc1c(CNc2ccc(F)nc2)cc(C#N)n1C. The van der Waals surface area contributed by atoms with E-state index in [9.17, 15) is 4.39 Å². The lowest BCUT2D eigenvalue weighted by atomic mass is 10.2. The normalized spacial score (nSPS) is 10.1. The molecule has 5 heteroatoms. The third kappa shape index (κ3) is 2.33. The molecule has 2 aromatic rings. The summed E-state index contributed by atoms with van der Waals surface area (Å²) in [6.45, 7) is 2.54. The Balaban J connectivity index is 2.11. The number of anilines is 1. The molecule has 0 aliphatic rings. The lowest BCUT2D eigenvalue weighted by Gasteiger charge is -2.06. The van der Waals surface area contributed by atoms with Gasteiger partial charge in [0.05, 0.1) is 11.9 Å². The Morgan fingerprint density at radius 2 is 2.28 bits per heavy atom. The topological polar surface area (TPSA) is 53.6 Å². The summed E-state index contributed by atoms with van der Waals surface area (Å²) >= 11 is 0. The highest BCUT2D eigenvalue weighted by Gasteiger charge is 2.08. The fourth-order valence-electron chi connectivity index (χ4n) is 1.73. The maximum atomic E-state index is 12.6. The minimum atomic E-state index is -0.497. The van der Waals surface area contributed by atoms with E-state index in [1.807, 2.05) is 24.6 Å². The molecule has 0 unspecified atom stereocenters. The van der Waals surface area contributed by atoms with Crippen molar-refractivity contribution >= 4 is 5.69 Å². The van der Waals surface area contributed by atoms with Crippen LogP contribution in [0.4, 0.5) is 10.1 Å². The first kappa shape index (κ1) is 12.1. The zero-order valence-corrected chi connectivity index (χ0v) is 10.2. The maximum Gasteiger partial charge on any atom is 0.212 e. The van der Waals surface area contributed by atoms with Gasteiger partial charge in [-0.25, -0.2) is 4.98 Å². The standard InChI is InChI=1S/C13H13FN4/c1-9-10(5-12(6-15)18(9)2)7-16-11-3-4-13(14)17-8-11/h3-5,8,16H,7H2,1-2H3. The van der Waals surface area contributed by atoms with Gasteiger partial charge in [-0.05, 0) is 30.7 Å². The second-order valence-corrected chi connectivity index (χ2v) is 4.03. The van der Waals surface area contributed by atoms with Crippen LogP contribution in [0.5, 0.6) is 0 Å². The van der Waals surface area contributed by atoms with Gasteiger partial charge >= 0.3 is 0 Å². The van der Waals surface area contributed by atoms with E-state index in [1.54, 1.807) is 6.07 Å². The average molecular weight is 244 g/mol. The van der Waals surface area contributed by atoms with Crippen molar-refractivity contribution in [3.8, 4) is 6.07 Å². The summed E-state index contributed by atoms with van der Waals surface area (Å²) in [5.74, 6) is -0.497. The van der Waals surface area contributed by atoms with Crippen LogP contribution >= 0.6 is 0 Å². The third-order valence-electron chi connectivity index (χ3n) is 2.97. The van der Waals surface area contributed by atoms with Crippen LogP contribution < -0.4 is 5.32 Å². The Bertz CT molecular complexity index is 593. The molecular formula is C13H13FN4. The summed E-state index contributed by atoms with van der Waals surface area (Å²) in [6, 6.07) is 6.92. The Morgan fingerprint density at radius 3 is 2.83 bits per heavy atom. The second-order valence-electron chi connectivity index (χ2n) is 4.03. The molecule has 0 aliphatic carbocycles. The number of nitrogens with zero attached hydrogens (tertiary/aromatic N) is 3. The molecular weight excluding hydrogens is 231 g/mol.